The fourth-order valence-electron chi connectivity index (χ4n) is 1.73. The van der Waals surface area contributed by atoms with Gasteiger partial charge in [-0.1, -0.05) is 0 Å². The van der Waals surface area contributed by atoms with Crippen LogP contribution in [-0.4, -0.2) is 19.7 Å². The summed E-state index contributed by atoms with van der Waals surface area (Å²) < 4.78 is 28.6. The monoisotopic (exact) mass is 294 g/mol. The molecular formula is C12H10N2O3S2. The van der Waals surface area contributed by atoms with Crippen molar-refractivity contribution >= 4 is 38.0 Å². The summed E-state index contributed by atoms with van der Waals surface area (Å²) in [4.78, 5) is 5.26. The Morgan fingerprint density at radius 1 is 1.32 bits per heavy atom. The van der Waals surface area contributed by atoms with Gasteiger partial charge in [-0.15, -0.1) is 11.3 Å². The minimum atomic E-state index is -3.25. The summed E-state index contributed by atoms with van der Waals surface area (Å²) in [7, 11) is -3.25. The number of hydrogen-bond donors (Lipinski definition) is 1. The van der Waals surface area contributed by atoms with Gasteiger partial charge in [-0.3, -0.25) is 0 Å². The van der Waals surface area contributed by atoms with Crippen LogP contribution in [0.2, 0.25) is 0 Å². The Morgan fingerprint density at radius 3 is 2.74 bits per heavy atom. The second-order valence-corrected chi connectivity index (χ2v) is 7.06. The lowest BCUT2D eigenvalue weighted by Gasteiger charge is -1.95. The molecule has 0 atom stereocenters. The zero-order chi connectivity index (χ0) is 13.6. The maximum absolute atomic E-state index is 11.5. The van der Waals surface area contributed by atoms with E-state index in [4.69, 9.17) is 10.2 Å². The fourth-order valence-corrected chi connectivity index (χ4v) is 3.11. The SMILES string of the molecule is CS(=O)(=O)c1ccc2oc(-c3sccc3N)nc2c1. The van der Waals surface area contributed by atoms with Crippen molar-refractivity contribution in [2.24, 2.45) is 0 Å². The minimum Gasteiger partial charge on any atom is -0.435 e. The molecule has 0 aliphatic carbocycles. The number of aromatic nitrogens is 1. The molecule has 0 amide bonds. The van der Waals surface area contributed by atoms with Gasteiger partial charge in [0.25, 0.3) is 0 Å². The summed E-state index contributed by atoms with van der Waals surface area (Å²) in [5.41, 5.74) is 7.45. The average Bonchev–Trinajstić information content (AvgIpc) is 2.91. The Labute approximate surface area is 113 Å². The maximum atomic E-state index is 11.5. The van der Waals surface area contributed by atoms with Crippen molar-refractivity contribution in [1.29, 1.82) is 0 Å². The number of nitrogens with zero attached hydrogens (tertiary/aromatic N) is 1. The van der Waals surface area contributed by atoms with Gasteiger partial charge < -0.3 is 10.2 Å². The second-order valence-electron chi connectivity index (χ2n) is 4.13. The van der Waals surface area contributed by atoms with E-state index in [0.29, 0.717) is 22.7 Å². The molecule has 0 fully saturated rings. The number of benzene rings is 1. The largest absolute Gasteiger partial charge is 0.435 e. The van der Waals surface area contributed by atoms with Crippen LogP contribution in [0.15, 0.2) is 39.0 Å². The topological polar surface area (TPSA) is 86.2 Å². The van der Waals surface area contributed by atoms with Crippen LogP contribution in [0.1, 0.15) is 0 Å². The Kier molecular flexibility index (Phi) is 2.61. The van der Waals surface area contributed by atoms with E-state index in [0.717, 1.165) is 11.1 Å². The molecule has 2 N–H and O–H groups in total. The first-order valence-electron chi connectivity index (χ1n) is 5.39. The van der Waals surface area contributed by atoms with Crippen molar-refractivity contribution in [3.8, 4) is 10.8 Å². The van der Waals surface area contributed by atoms with Gasteiger partial charge in [-0.2, -0.15) is 0 Å². The van der Waals surface area contributed by atoms with E-state index in [2.05, 4.69) is 4.98 Å². The zero-order valence-corrected chi connectivity index (χ0v) is 11.6. The number of nitrogens with two attached hydrogens (primary N) is 1. The van der Waals surface area contributed by atoms with E-state index >= 15 is 0 Å². The molecule has 0 spiro atoms. The summed E-state index contributed by atoms with van der Waals surface area (Å²) in [6.45, 7) is 0. The van der Waals surface area contributed by atoms with Crippen LogP contribution in [0.4, 0.5) is 5.69 Å². The Hall–Kier alpha value is -1.86. The lowest BCUT2D eigenvalue weighted by molar-refractivity contribution is 0.602. The standard InChI is InChI=1S/C12H10N2O3S2/c1-19(15,16)7-2-3-10-9(6-7)14-12(17-10)11-8(13)4-5-18-11/h2-6H,13H2,1H3. The Bertz CT molecular complexity index is 862. The van der Waals surface area contributed by atoms with Gasteiger partial charge in [0.05, 0.1) is 10.6 Å². The quantitative estimate of drug-likeness (QED) is 0.785. The molecule has 5 nitrogen and oxygen atoms in total. The van der Waals surface area contributed by atoms with Gasteiger partial charge in [0.15, 0.2) is 15.4 Å². The summed E-state index contributed by atoms with van der Waals surface area (Å²) in [6, 6.07) is 6.38. The number of rotatable bonds is 2. The molecule has 1 aromatic carbocycles. The highest BCUT2D eigenvalue weighted by Gasteiger charge is 2.14. The Balaban J connectivity index is 2.19. The lowest BCUT2D eigenvalue weighted by Crippen LogP contribution is -1.95. The summed E-state index contributed by atoms with van der Waals surface area (Å²) >= 11 is 1.43. The van der Waals surface area contributed by atoms with E-state index in [1.54, 1.807) is 12.1 Å². The molecule has 0 bridgehead atoms. The van der Waals surface area contributed by atoms with Gasteiger partial charge in [-0.05, 0) is 29.6 Å². The van der Waals surface area contributed by atoms with Crippen molar-refractivity contribution < 1.29 is 12.8 Å². The average molecular weight is 294 g/mol. The van der Waals surface area contributed by atoms with E-state index in [9.17, 15) is 8.42 Å². The Morgan fingerprint density at radius 2 is 2.11 bits per heavy atom. The highest BCUT2D eigenvalue weighted by molar-refractivity contribution is 7.90. The van der Waals surface area contributed by atoms with Gasteiger partial charge in [-0.25, -0.2) is 13.4 Å². The molecule has 3 rings (SSSR count). The molecule has 98 valence electrons. The molecule has 2 heterocycles. The van der Waals surface area contributed by atoms with Crippen LogP contribution >= 0.6 is 11.3 Å². The molecule has 0 aliphatic heterocycles. The molecule has 3 aromatic rings. The molecule has 2 aromatic heterocycles. The van der Waals surface area contributed by atoms with Crippen LogP contribution in [0.25, 0.3) is 21.9 Å². The van der Waals surface area contributed by atoms with Crippen molar-refractivity contribution in [3.05, 3.63) is 29.6 Å². The first-order chi connectivity index (χ1) is 8.95. The second kappa shape index (κ2) is 4.07. The molecule has 7 heteroatoms. The molecule has 19 heavy (non-hydrogen) atoms. The van der Waals surface area contributed by atoms with Crippen molar-refractivity contribution in [2.75, 3.05) is 12.0 Å². The summed E-state index contributed by atoms with van der Waals surface area (Å²) in [5, 5.41) is 1.85. The van der Waals surface area contributed by atoms with Gasteiger partial charge in [0.2, 0.25) is 5.89 Å². The molecule has 0 radical (unpaired) electrons. The zero-order valence-electron chi connectivity index (χ0n) is 9.95. The molecule has 0 aliphatic rings. The number of oxazole rings is 1. The predicted molar refractivity (Wildman–Crippen MR) is 74.8 cm³/mol. The molecular weight excluding hydrogens is 284 g/mol. The highest BCUT2D eigenvalue weighted by Crippen LogP contribution is 2.33. The number of anilines is 1. The summed E-state index contributed by atoms with van der Waals surface area (Å²) in [5.74, 6) is 0.410. The molecule has 0 saturated heterocycles. The number of thiophene rings is 1. The minimum absolute atomic E-state index is 0.221. The number of fused-ring (bicyclic) bond motifs is 1. The van der Waals surface area contributed by atoms with Crippen molar-refractivity contribution in [1.82, 2.24) is 4.98 Å². The van der Waals surface area contributed by atoms with Crippen LogP contribution in [-0.2, 0) is 9.84 Å². The maximum Gasteiger partial charge on any atom is 0.239 e. The first kappa shape index (κ1) is 12.2. The molecule has 0 saturated carbocycles. The third-order valence-electron chi connectivity index (χ3n) is 2.68. The van der Waals surface area contributed by atoms with Crippen molar-refractivity contribution in [2.45, 2.75) is 4.90 Å². The van der Waals surface area contributed by atoms with E-state index in [-0.39, 0.29) is 4.90 Å². The lowest BCUT2D eigenvalue weighted by atomic mass is 10.3. The van der Waals surface area contributed by atoms with Crippen LogP contribution in [0.5, 0.6) is 0 Å². The van der Waals surface area contributed by atoms with E-state index < -0.39 is 9.84 Å². The summed E-state index contributed by atoms with van der Waals surface area (Å²) in [6.07, 6.45) is 1.16. The van der Waals surface area contributed by atoms with Crippen LogP contribution in [0.3, 0.4) is 0 Å². The van der Waals surface area contributed by atoms with Crippen molar-refractivity contribution in [3.63, 3.8) is 0 Å². The first-order valence-corrected chi connectivity index (χ1v) is 8.16. The number of nitrogen functional groups attached to an aromatic ring is 1. The molecule has 0 unspecified atom stereocenters. The van der Waals surface area contributed by atoms with E-state index in [1.807, 2.05) is 5.38 Å². The van der Waals surface area contributed by atoms with Crippen LogP contribution < -0.4 is 5.73 Å². The third-order valence-corrected chi connectivity index (χ3v) is 4.71. The van der Waals surface area contributed by atoms with Gasteiger partial charge in [0, 0.05) is 6.26 Å². The van der Waals surface area contributed by atoms with Gasteiger partial charge >= 0.3 is 0 Å². The van der Waals surface area contributed by atoms with E-state index in [1.165, 1.54) is 23.5 Å². The number of sulfone groups is 1. The number of hydrogen-bond acceptors (Lipinski definition) is 6. The normalized spacial score (nSPS) is 12.1. The smallest absolute Gasteiger partial charge is 0.239 e. The van der Waals surface area contributed by atoms with Crippen LogP contribution in [0, 0.1) is 0 Å². The fraction of sp³-hybridized carbons (Fsp3) is 0.0833. The third kappa shape index (κ3) is 2.11. The predicted octanol–water partition coefficient (Wildman–Crippen LogP) is 2.54. The highest BCUT2D eigenvalue weighted by atomic mass is 32.2. The van der Waals surface area contributed by atoms with Gasteiger partial charge in [0.1, 0.15) is 10.4 Å².